The van der Waals surface area contributed by atoms with Crippen molar-refractivity contribution in [3.63, 3.8) is 0 Å². The Labute approximate surface area is 322 Å². The molecule has 0 bridgehead atoms. The van der Waals surface area contributed by atoms with E-state index in [4.69, 9.17) is 56.0 Å². The second kappa shape index (κ2) is 15.4. The maximum atomic E-state index is 13.7. The van der Waals surface area contributed by atoms with E-state index in [-0.39, 0.29) is 9.80 Å². The monoisotopic (exact) mass is 678 g/mol. The number of rotatable bonds is 9. The molecule has 0 spiro atoms. The first-order chi connectivity index (χ1) is 33.7. The Bertz CT molecular complexity index is 2710. The number of carbonyl (C=O) groups is 2. The molecule has 0 aliphatic carbocycles. The van der Waals surface area contributed by atoms with Crippen LogP contribution in [-0.4, -0.2) is 75.8 Å². The summed E-state index contributed by atoms with van der Waals surface area (Å²) in [7, 11) is 4.31. The third kappa shape index (κ3) is 7.64. The first-order valence-electron chi connectivity index (χ1n) is 28.9. The van der Waals surface area contributed by atoms with Gasteiger partial charge in [0.15, 0.2) is 23.0 Å². The fraction of sp³-hybridized carbons (Fsp3) is 0.641. The van der Waals surface area contributed by atoms with Gasteiger partial charge in [0, 0.05) is 94.2 Å². The summed E-state index contributed by atoms with van der Waals surface area (Å²) in [5.41, 5.74) is -3.58. The number of ether oxygens (including phenoxy) is 4. The smallest absolute Gasteiger partial charge is 0.161 e. The second-order valence-corrected chi connectivity index (χ2v) is 10.7. The molecular weight excluding hydrogens is 592 g/mol. The summed E-state index contributed by atoms with van der Waals surface area (Å²) in [4.78, 5) is 27.0. The minimum atomic E-state index is -3.90. The van der Waals surface area contributed by atoms with Crippen molar-refractivity contribution in [2.45, 2.75) is 84.4 Å². The van der Waals surface area contributed by atoms with Crippen molar-refractivity contribution in [2.75, 3.05) is 54.4 Å². The molecule has 47 heavy (non-hydrogen) atoms. The van der Waals surface area contributed by atoms with Gasteiger partial charge in [0.25, 0.3) is 0 Å². The van der Waals surface area contributed by atoms with E-state index in [0.29, 0.717) is 6.92 Å². The molecule has 0 N–H and O–H groups in total. The first-order valence-corrected chi connectivity index (χ1v) is 14.4. The summed E-state index contributed by atoms with van der Waals surface area (Å²) in [5.74, 6) is -15.3. The number of nitrogens with zero attached hydrogens (tertiary/aromatic N) is 2. The van der Waals surface area contributed by atoms with Crippen LogP contribution < -0.4 is 18.9 Å². The zero-order chi connectivity index (χ0) is 59.6. The zero-order valence-electron chi connectivity index (χ0n) is 55.9. The van der Waals surface area contributed by atoms with Crippen LogP contribution in [-0.2, 0) is 22.3 Å². The molecule has 0 radical (unpaired) electrons. The highest BCUT2D eigenvalue weighted by molar-refractivity contribution is 5.83. The Morgan fingerprint density at radius 3 is 1.94 bits per heavy atom. The number of hydrogen-bond acceptors (Lipinski definition) is 8. The number of piperidine rings is 2. The molecule has 2 saturated heterocycles. The highest BCUT2D eigenvalue weighted by atomic mass is 16.5. The van der Waals surface area contributed by atoms with Gasteiger partial charge < -0.3 is 18.9 Å². The van der Waals surface area contributed by atoms with Crippen molar-refractivity contribution in [1.29, 1.82) is 0 Å². The summed E-state index contributed by atoms with van der Waals surface area (Å²) in [6.07, 6.45) is -19.2. The lowest BCUT2D eigenvalue weighted by atomic mass is 9.79. The van der Waals surface area contributed by atoms with Gasteiger partial charge in [0.1, 0.15) is 11.6 Å². The molecule has 0 saturated carbocycles. The standard InChI is InChI=1S/C20H29NO3.C19H27NO3/c1-5-13(2)8-15-12-21-7-6-14-9-19(23-3)20(24-4)10-16(14)17(21)11-18(15)22;1-12(2)7-14-11-20-6-5-13-8-18(22-3)19(23-4)9-15(13)16(20)10-17(14)21/h9-10,13,15,17H,5-8,11-12H2,1-4H3;8-9,12,14,16H,5-7,10-11H2,1-4H3/i2D3,5D2,6D2,7D2,8D2,9D,10D,12D2,13D,17D;5D2,6D2,8D,9D,10D2,11D2,14D,16D. The summed E-state index contributed by atoms with van der Waals surface area (Å²) < 4.78 is 269. The van der Waals surface area contributed by atoms with Crippen LogP contribution in [0.25, 0.3) is 0 Å². The molecule has 0 aromatic heterocycles. The van der Waals surface area contributed by atoms with Gasteiger partial charge in [-0.2, -0.15) is 0 Å². The topological polar surface area (TPSA) is 77.5 Å². The van der Waals surface area contributed by atoms with Crippen LogP contribution in [0.3, 0.4) is 0 Å². The van der Waals surface area contributed by atoms with Crippen LogP contribution in [0.4, 0.5) is 0 Å². The normalized spacial score (nSPS) is 47.4. The summed E-state index contributed by atoms with van der Waals surface area (Å²) >= 11 is 0. The lowest BCUT2D eigenvalue weighted by Crippen LogP contribution is -2.46. The molecular formula is C39H56N2O6. The van der Waals surface area contributed by atoms with Crippen molar-refractivity contribution in [3.05, 3.63) is 46.4 Å². The molecule has 258 valence electrons. The van der Waals surface area contributed by atoms with E-state index in [1.54, 1.807) is 13.8 Å². The minimum absolute atomic E-state index is 0.0739. The van der Waals surface area contributed by atoms with Gasteiger partial charge in [-0.05, 0) is 83.8 Å². The van der Waals surface area contributed by atoms with Gasteiger partial charge in [-0.15, -0.1) is 0 Å². The molecule has 2 aromatic carbocycles. The number of ketones is 2. The lowest BCUT2D eigenvalue weighted by molar-refractivity contribution is -0.130. The molecule has 8 nitrogen and oxygen atoms in total. The van der Waals surface area contributed by atoms with Crippen LogP contribution in [0.1, 0.15) is 134 Å². The number of carbonyl (C=O) groups excluding carboxylic acids is 2. The fourth-order valence-electron chi connectivity index (χ4n) is 4.85. The number of methoxy groups -OCH3 is 4. The van der Waals surface area contributed by atoms with Crippen molar-refractivity contribution < 1.29 is 68.3 Å². The summed E-state index contributed by atoms with van der Waals surface area (Å²) in [6, 6.07) is -9.76. The Balaban J connectivity index is 0.000000284. The van der Waals surface area contributed by atoms with Gasteiger partial charge in [-0.3, -0.25) is 19.4 Å². The van der Waals surface area contributed by atoms with Gasteiger partial charge in [-0.1, -0.05) is 34.0 Å². The van der Waals surface area contributed by atoms with E-state index in [1.807, 2.05) is 0 Å². The van der Waals surface area contributed by atoms with Crippen molar-refractivity contribution >= 4 is 11.6 Å². The van der Waals surface area contributed by atoms with Crippen LogP contribution in [0.2, 0.25) is 0 Å². The van der Waals surface area contributed by atoms with E-state index < -0.39 is 194 Å². The molecule has 2 fully saturated rings. The van der Waals surface area contributed by atoms with E-state index in [9.17, 15) is 12.3 Å². The Morgan fingerprint density at radius 1 is 0.894 bits per heavy atom. The van der Waals surface area contributed by atoms with Gasteiger partial charge in [0.2, 0.25) is 0 Å². The largest absolute Gasteiger partial charge is 0.493 e. The van der Waals surface area contributed by atoms with Crippen LogP contribution >= 0.6 is 0 Å². The van der Waals surface area contributed by atoms with Crippen LogP contribution in [0, 0.1) is 23.6 Å². The highest BCUT2D eigenvalue weighted by Gasteiger charge is 2.40. The minimum Gasteiger partial charge on any atom is -0.493 e. The van der Waals surface area contributed by atoms with Crippen molar-refractivity contribution in [1.82, 2.24) is 9.80 Å². The number of Topliss-reactive ketones (excluding diaryl/α,β-unsaturated/α-hetero) is 2. The quantitative estimate of drug-likeness (QED) is 0.285. The van der Waals surface area contributed by atoms with Gasteiger partial charge in [0.05, 0.1) is 36.7 Å². The number of benzene rings is 2. The van der Waals surface area contributed by atoms with Gasteiger partial charge >= 0.3 is 0 Å². The van der Waals surface area contributed by atoms with Crippen molar-refractivity contribution in [2.24, 2.45) is 23.6 Å². The van der Waals surface area contributed by atoms with Crippen LogP contribution in [0.5, 0.6) is 23.0 Å². The first kappa shape index (κ1) is 13.7. The maximum absolute atomic E-state index is 13.7. The number of fused-ring (bicyclic) bond motifs is 6. The third-order valence-electron chi connectivity index (χ3n) is 7.11. The molecule has 8 heteroatoms. The molecule has 2 aromatic rings. The van der Waals surface area contributed by atoms with E-state index >= 15 is 0 Å². The molecule has 0 amide bonds. The van der Waals surface area contributed by atoms with Crippen molar-refractivity contribution in [3.8, 4) is 23.0 Å². The second-order valence-electron chi connectivity index (χ2n) is 10.7. The maximum Gasteiger partial charge on any atom is 0.161 e. The number of hydrogen-bond donors (Lipinski definition) is 0. The average Bonchev–Trinajstić information content (AvgIpc) is 3.22. The van der Waals surface area contributed by atoms with E-state index in [1.165, 1.54) is 0 Å². The molecule has 4 aliphatic heterocycles. The molecule has 5 atom stereocenters. The molecule has 5 unspecified atom stereocenters. The predicted molar refractivity (Wildman–Crippen MR) is 185 cm³/mol. The molecule has 4 heterocycles. The summed E-state index contributed by atoms with van der Waals surface area (Å²) in [6.45, 7) is -14.5. The van der Waals surface area contributed by atoms with Gasteiger partial charge in [-0.25, -0.2) is 0 Å². The third-order valence-corrected chi connectivity index (χ3v) is 7.11. The SMILES string of the molecule is [2H]c1c(OC)c(OC)c([2H])c2c1C([2H])([2H])C([2H])([2H])N1C([2H])([2H])C([2H])(CC(C)C)C(=O)C([2H])([2H])C21[2H].[2H]c1c(OC)c(OC)c([2H])c2c1C1([2H])CC(=O)C(C([2H])([2H])C([2H])(C([2H])([2H])[2H])C([2H])([2H])C)C([2H])([2H])N1C([2H])([2H])C2([2H])[2H]. The lowest BCUT2D eigenvalue weighted by Gasteiger charge is -2.43. The Morgan fingerprint density at radius 2 is 1.43 bits per heavy atom. The average molecular weight is 678 g/mol. The Kier molecular flexibility index (Phi) is 4.48. The van der Waals surface area contributed by atoms with E-state index in [2.05, 4.69) is 0 Å². The highest BCUT2D eigenvalue weighted by Crippen LogP contribution is 2.44. The predicted octanol–water partition coefficient (Wildman–Crippen LogP) is 6.87. The Hall–Kier alpha value is -3.10. The van der Waals surface area contributed by atoms with Crippen LogP contribution in [0.15, 0.2) is 24.2 Å². The zero-order valence-corrected chi connectivity index (χ0v) is 26.9. The fourth-order valence-corrected chi connectivity index (χ4v) is 4.85. The molecule has 4 aliphatic rings. The molecule has 6 rings (SSSR count). The summed E-state index contributed by atoms with van der Waals surface area (Å²) in [5, 5.41) is 0. The van der Waals surface area contributed by atoms with E-state index in [0.717, 1.165) is 28.4 Å².